The van der Waals surface area contributed by atoms with Gasteiger partial charge in [0, 0.05) is 38.1 Å². The number of thiazole rings is 1. The number of piperazine rings is 1. The molecule has 0 radical (unpaired) electrons. The summed E-state index contributed by atoms with van der Waals surface area (Å²) in [5.74, 6) is 0.588. The highest BCUT2D eigenvalue weighted by atomic mass is 32.1. The van der Waals surface area contributed by atoms with Crippen molar-refractivity contribution in [2.45, 2.75) is 39.8 Å². The summed E-state index contributed by atoms with van der Waals surface area (Å²) >= 11 is 1.71. The van der Waals surface area contributed by atoms with E-state index in [4.69, 9.17) is 5.73 Å². The third-order valence-corrected chi connectivity index (χ3v) is 5.73. The van der Waals surface area contributed by atoms with Crippen LogP contribution in [0, 0.1) is 13.8 Å². The number of carbonyl (C=O) groups is 1. The third-order valence-electron chi connectivity index (χ3n) is 4.66. The number of nitrogens with one attached hydrogen (secondary N) is 1. The van der Waals surface area contributed by atoms with E-state index < -0.39 is 5.54 Å². The van der Waals surface area contributed by atoms with Crippen molar-refractivity contribution >= 4 is 23.2 Å². The van der Waals surface area contributed by atoms with Crippen molar-refractivity contribution in [3.8, 4) is 0 Å². The van der Waals surface area contributed by atoms with E-state index in [-0.39, 0.29) is 5.91 Å². The second kappa shape index (κ2) is 7.48. The fourth-order valence-electron chi connectivity index (χ4n) is 2.73. The summed E-state index contributed by atoms with van der Waals surface area (Å²) in [6.45, 7) is 11.8. The van der Waals surface area contributed by atoms with E-state index >= 15 is 0 Å². The molecule has 1 saturated heterocycles. The van der Waals surface area contributed by atoms with Gasteiger partial charge < -0.3 is 16.0 Å². The number of amides is 1. The molecule has 0 bridgehead atoms. The van der Waals surface area contributed by atoms with Crippen LogP contribution in [0.3, 0.4) is 0 Å². The molecular formula is C16H28N6OS. The van der Waals surface area contributed by atoms with E-state index in [2.05, 4.69) is 32.0 Å². The molecule has 0 aliphatic carbocycles. The van der Waals surface area contributed by atoms with Crippen LogP contribution in [0.15, 0.2) is 4.99 Å². The van der Waals surface area contributed by atoms with Gasteiger partial charge >= 0.3 is 0 Å². The highest BCUT2D eigenvalue weighted by molar-refractivity contribution is 7.11. The van der Waals surface area contributed by atoms with Gasteiger partial charge in [-0.25, -0.2) is 4.98 Å². The van der Waals surface area contributed by atoms with Gasteiger partial charge in [0.25, 0.3) is 0 Å². The minimum absolute atomic E-state index is 0.284. The number of aliphatic imine (C=N–C) groups is 1. The lowest BCUT2D eigenvalue weighted by Crippen LogP contribution is -2.61. The zero-order chi connectivity index (χ0) is 17.9. The summed E-state index contributed by atoms with van der Waals surface area (Å²) in [6, 6.07) is 0. The van der Waals surface area contributed by atoms with Crippen LogP contribution in [0.1, 0.15) is 29.4 Å². The van der Waals surface area contributed by atoms with E-state index in [0.29, 0.717) is 6.54 Å². The largest absolute Gasteiger partial charge is 0.368 e. The van der Waals surface area contributed by atoms with Gasteiger partial charge in [-0.1, -0.05) is 0 Å². The van der Waals surface area contributed by atoms with Crippen molar-refractivity contribution in [2.24, 2.45) is 10.7 Å². The Hall–Kier alpha value is -1.67. The van der Waals surface area contributed by atoms with E-state index in [1.54, 1.807) is 18.4 Å². The Morgan fingerprint density at radius 3 is 2.42 bits per heavy atom. The Morgan fingerprint density at radius 1 is 1.33 bits per heavy atom. The fraction of sp³-hybridized carbons (Fsp3) is 0.688. The lowest BCUT2D eigenvalue weighted by molar-refractivity contribution is -0.129. The van der Waals surface area contributed by atoms with Gasteiger partial charge in [-0.15, -0.1) is 11.3 Å². The molecular weight excluding hydrogens is 324 g/mol. The first-order chi connectivity index (χ1) is 11.3. The Labute approximate surface area is 147 Å². The predicted octanol–water partition coefficient (Wildman–Crippen LogP) is 0.717. The summed E-state index contributed by atoms with van der Waals surface area (Å²) in [5, 5.41) is 4.46. The number of hydrogen-bond acceptors (Lipinski definition) is 5. The molecule has 1 aromatic rings. The summed E-state index contributed by atoms with van der Waals surface area (Å²) in [5.41, 5.74) is 5.99. The Balaban J connectivity index is 1.90. The standard InChI is InChI=1S/C16H28N6OS/c1-11-12(2)24-13(20-11)10-19-15(18-5)21-6-8-22(9-7-21)16(3,4)14(17)23/h6-10H2,1-5H3,(H2,17,23)(H,18,19). The van der Waals surface area contributed by atoms with Crippen molar-refractivity contribution in [3.63, 3.8) is 0 Å². The lowest BCUT2D eigenvalue weighted by Gasteiger charge is -2.43. The minimum Gasteiger partial charge on any atom is -0.368 e. The molecule has 0 aromatic carbocycles. The Morgan fingerprint density at radius 2 is 1.96 bits per heavy atom. The van der Waals surface area contributed by atoms with Crippen LogP contribution >= 0.6 is 11.3 Å². The summed E-state index contributed by atoms with van der Waals surface area (Å²) in [6.07, 6.45) is 0. The smallest absolute Gasteiger partial charge is 0.237 e. The molecule has 1 fully saturated rings. The van der Waals surface area contributed by atoms with Crippen molar-refractivity contribution in [3.05, 3.63) is 15.6 Å². The molecule has 24 heavy (non-hydrogen) atoms. The van der Waals surface area contributed by atoms with Crippen molar-refractivity contribution in [1.29, 1.82) is 0 Å². The van der Waals surface area contributed by atoms with Gasteiger partial charge in [-0.05, 0) is 27.7 Å². The van der Waals surface area contributed by atoms with Gasteiger partial charge in [-0.3, -0.25) is 14.7 Å². The normalized spacial score (nSPS) is 17.2. The molecule has 8 heteroatoms. The molecule has 1 aromatic heterocycles. The third kappa shape index (κ3) is 4.05. The van der Waals surface area contributed by atoms with Gasteiger partial charge in [0.1, 0.15) is 5.01 Å². The maximum Gasteiger partial charge on any atom is 0.237 e. The molecule has 3 N–H and O–H groups in total. The number of rotatable bonds is 4. The second-order valence-corrected chi connectivity index (χ2v) is 7.84. The number of nitrogens with two attached hydrogens (primary N) is 1. The Kier molecular flexibility index (Phi) is 5.82. The van der Waals surface area contributed by atoms with Crippen LogP contribution in [-0.4, -0.2) is 65.4 Å². The molecule has 0 spiro atoms. The monoisotopic (exact) mass is 352 g/mol. The highest BCUT2D eigenvalue weighted by Crippen LogP contribution is 2.18. The molecule has 134 valence electrons. The Bertz CT molecular complexity index is 597. The zero-order valence-electron chi connectivity index (χ0n) is 15.2. The predicted molar refractivity (Wildman–Crippen MR) is 98.2 cm³/mol. The number of guanidine groups is 1. The highest BCUT2D eigenvalue weighted by Gasteiger charge is 2.35. The number of aromatic nitrogens is 1. The van der Waals surface area contributed by atoms with Crippen LogP contribution < -0.4 is 11.1 Å². The number of primary amides is 1. The maximum absolute atomic E-state index is 11.6. The first-order valence-electron chi connectivity index (χ1n) is 8.19. The zero-order valence-corrected chi connectivity index (χ0v) is 16.0. The first-order valence-corrected chi connectivity index (χ1v) is 9.00. The molecule has 2 rings (SSSR count). The van der Waals surface area contributed by atoms with Crippen LogP contribution in [0.25, 0.3) is 0 Å². The summed E-state index contributed by atoms with van der Waals surface area (Å²) in [4.78, 5) is 26.1. The van der Waals surface area contributed by atoms with Crippen molar-refractivity contribution in [1.82, 2.24) is 20.1 Å². The van der Waals surface area contributed by atoms with Crippen molar-refractivity contribution < 1.29 is 4.79 Å². The van der Waals surface area contributed by atoms with Crippen LogP contribution in [0.2, 0.25) is 0 Å². The number of hydrogen-bond donors (Lipinski definition) is 2. The van der Waals surface area contributed by atoms with E-state index in [9.17, 15) is 4.79 Å². The van der Waals surface area contributed by atoms with Gasteiger partial charge in [-0.2, -0.15) is 0 Å². The number of aryl methyl sites for hydroxylation is 2. The maximum atomic E-state index is 11.6. The minimum atomic E-state index is -0.612. The lowest BCUT2D eigenvalue weighted by atomic mass is 10.0. The van der Waals surface area contributed by atoms with Crippen LogP contribution in [0.4, 0.5) is 0 Å². The molecule has 0 unspecified atom stereocenters. The molecule has 0 atom stereocenters. The van der Waals surface area contributed by atoms with Gasteiger partial charge in [0.05, 0.1) is 17.8 Å². The molecule has 1 aliphatic heterocycles. The average molecular weight is 353 g/mol. The van der Waals surface area contributed by atoms with E-state index in [0.717, 1.165) is 42.8 Å². The average Bonchev–Trinajstić information content (AvgIpc) is 2.86. The topological polar surface area (TPSA) is 86.8 Å². The number of carbonyl (C=O) groups excluding carboxylic acids is 1. The molecule has 1 aliphatic rings. The fourth-order valence-corrected chi connectivity index (χ4v) is 3.61. The van der Waals surface area contributed by atoms with Gasteiger partial charge in [0.2, 0.25) is 5.91 Å². The first kappa shape index (κ1) is 18.7. The second-order valence-electron chi connectivity index (χ2n) is 6.55. The number of nitrogens with zero attached hydrogens (tertiary/aromatic N) is 4. The van der Waals surface area contributed by atoms with Crippen molar-refractivity contribution in [2.75, 3.05) is 33.2 Å². The molecule has 7 nitrogen and oxygen atoms in total. The molecule has 0 saturated carbocycles. The quantitative estimate of drug-likeness (QED) is 0.616. The van der Waals surface area contributed by atoms with Gasteiger partial charge in [0.15, 0.2) is 5.96 Å². The molecule has 1 amide bonds. The summed E-state index contributed by atoms with van der Waals surface area (Å²) < 4.78 is 0. The van der Waals surface area contributed by atoms with E-state index in [1.165, 1.54) is 4.88 Å². The van der Waals surface area contributed by atoms with E-state index in [1.807, 2.05) is 20.8 Å². The van der Waals surface area contributed by atoms with Crippen LogP contribution in [0.5, 0.6) is 0 Å². The SMILES string of the molecule is CN=C(NCc1nc(C)c(C)s1)N1CCN(C(C)(C)C(N)=O)CC1. The summed E-state index contributed by atoms with van der Waals surface area (Å²) in [7, 11) is 1.79. The van der Waals surface area contributed by atoms with Crippen LogP contribution in [-0.2, 0) is 11.3 Å². The molecule has 2 heterocycles.